The Balaban J connectivity index is 1.71. The minimum atomic E-state index is -0.687. The number of ether oxygens (including phenoxy) is 1. The molecule has 31 heavy (non-hydrogen) atoms. The molecular formula is C24H31NO6. The highest BCUT2D eigenvalue weighted by Crippen LogP contribution is 2.67. The van der Waals surface area contributed by atoms with Crippen LogP contribution in [-0.2, 0) is 23.9 Å². The van der Waals surface area contributed by atoms with Crippen molar-refractivity contribution in [2.24, 2.45) is 46.2 Å². The smallest absolute Gasteiger partial charge is 0.303 e. The SMILES string of the molecule is CC(=O)OCC(=O)[C@H]1C(C(N)=O)C[C@H]2[C@@H]3CCC4=CC(=O)C=C[C@]4(C)[C@H]3C(O)C[C@]12C. The van der Waals surface area contributed by atoms with E-state index in [1.54, 1.807) is 12.2 Å². The van der Waals surface area contributed by atoms with Crippen LogP contribution in [0.2, 0.25) is 0 Å². The predicted octanol–water partition coefficient (Wildman–Crippen LogP) is 1.72. The maximum atomic E-state index is 13.1. The number of hydrogen-bond donors (Lipinski definition) is 2. The Kier molecular flexibility index (Phi) is 5.23. The Morgan fingerprint density at radius 1 is 1.29 bits per heavy atom. The quantitative estimate of drug-likeness (QED) is 0.656. The molecule has 4 aliphatic carbocycles. The summed E-state index contributed by atoms with van der Waals surface area (Å²) in [5.41, 5.74) is 5.75. The van der Waals surface area contributed by atoms with Gasteiger partial charge in [0.25, 0.3) is 0 Å². The molecule has 4 aliphatic rings. The molecule has 8 atom stereocenters. The van der Waals surface area contributed by atoms with Crippen molar-refractivity contribution in [2.75, 3.05) is 6.61 Å². The zero-order valence-electron chi connectivity index (χ0n) is 18.3. The van der Waals surface area contributed by atoms with Gasteiger partial charge in [-0.25, -0.2) is 0 Å². The monoisotopic (exact) mass is 429 g/mol. The number of fused-ring (bicyclic) bond motifs is 5. The molecule has 0 aliphatic heterocycles. The molecule has 4 rings (SSSR count). The number of ketones is 2. The minimum absolute atomic E-state index is 0.0214. The summed E-state index contributed by atoms with van der Waals surface area (Å²) in [7, 11) is 0. The maximum Gasteiger partial charge on any atom is 0.303 e. The summed E-state index contributed by atoms with van der Waals surface area (Å²) < 4.78 is 4.95. The summed E-state index contributed by atoms with van der Waals surface area (Å²) >= 11 is 0. The van der Waals surface area contributed by atoms with E-state index >= 15 is 0 Å². The van der Waals surface area contributed by atoms with Crippen molar-refractivity contribution in [3.8, 4) is 0 Å². The number of primary amides is 1. The number of Topliss-reactive ketones (excluding diaryl/α,β-unsaturated/α-hetero) is 1. The van der Waals surface area contributed by atoms with Gasteiger partial charge in [-0.1, -0.05) is 25.5 Å². The Morgan fingerprint density at radius 2 is 2.00 bits per heavy atom. The number of nitrogens with two attached hydrogens (primary N) is 1. The molecule has 0 spiro atoms. The lowest BCUT2D eigenvalue weighted by Gasteiger charge is -2.58. The van der Waals surface area contributed by atoms with Gasteiger partial charge < -0.3 is 15.6 Å². The Hall–Kier alpha value is -2.28. The largest absolute Gasteiger partial charge is 0.458 e. The Morgan fingerprint density at radius 3 is 2.65 bits per heavy atom. The van der Waals surface area contributed by atoms with E-state index in [1.165, 1.54) is 6.92 Å². The van der Waals surface area contributed by atoms with E-state index in [0.717, 1.165) is 18.4 Å². The van der Waals surface area contributed by atoms with Crippen LogP contribution in [0.5, 0.6) is 0 Å². The summed E-state index contributed by atoms with van der Waals surface area (Å²) in [6.45, 7) is 4.91. The third-order valence-corrected chi connectivity index (χ3v) is 8.68. The average Bonchev–Trinajstić information content (AvgIpc) is 2.99. The topological polar surface area (TPSA) is 124 Å². The van der Waals surface area contributed by atoms with Crippen LogP contribution >= 0.6 is 0 Å². The van der Waals surface area contributed by atoms with E-state index in [4.69, 9.17) is 10.5 Å². The summed E-state index contributed by atoms with van der Waals surface area (Å²) in [4.78, 5) is 48.6. The number of amides is 1. The summed E-state index contributed by atoms with van der Waals surface area (Å²) in [5, 5.41) is 11.4. The highest BCUT2D eigenvalue weighted by Gasteiger charge is 2.65. The van der Waals surface area contributed by atoms with Gasteiger partial charge in [-0.2, -0.15) is 0 Å². The number of esters is 1. The number of carbonyl (C=O) groups is 4. The van der Waals surface area contributed by atoms with E-state index < -0.39 is 40.6 Å². The first kappa shape index (κ1) is 21.9. The van der Waals surface area contributed by atoms with Crippen molar-refractivity contribution >= 4 is 23.4 Å². The van der Waals surface area contributed by atoms with Gasteiger partial charge in [0.05, 0.1) is 6.10 Å². The fraction of sp³-hybridized carbons (Fsp3) is 0.667. The third-order valence-electron chi connectivity index (χ3n) is 8.68. The molecule has 168 valence electrons. The summed E-state index contributed by atoms with van der Waals surface area (Å²) in [6.07, 6.45) is 6.92. The van der Waals surface area contributed by atoms with Crippen LogP contribution in [0, 0.1) is 40.4 Å². The number of hydrogen-bond acceptors (Lipinski definition) is 6. The van der Waals surface area contributed by atoms with Crippen molar-refractivity contribution in [3.05, 3.63) is 23.8 Å². The van der Waals surface area contributed by atoms with E-state index in [0.29, 0.717) is 12.8 Å². The lowest BCUT2D eigenvalue weighted by atomic mass is 9.46. The molecule has 7 nitrogen and oxygen atoms in total. The second kappa shape index (κ2) is 7.40. The van der Waals surface area contributed by atoms with Crippen LogP contribution < -0.4 is 5.73 Å². The van der Waals surface area contributed by atoms with Gasteiger partial charge in [-0.05, 0) is 55.1 Å². The molecule has 0 radical (unpaired) electrons. The molecule has 0 aromatic carbocycles. The summed E-state index contributed by atoms with van der Waals surface area (Å²) in [5.74, 6) is -2.68. The van der Waals surface area contributed by atoms with Gasteiger partial charge in [0.15, 0.2) is 11.6 Å². The zero-order valence-corrected chi connectivity index (χ0v) is 18.3. The van der Waals surface area contributed by atoms with E-state index in [2.05, 4.69) is 6.92 Å². The van der Waals surface area contributed by atoms with Crippen LogP contribution in [-0.4, -0.2) is 41.3 Å². The fourth-order valence-corrected chi connectivity index (χ4v) is 7.51. The number of allylic oxidation sites excluding steroid dienone is 4. The summed E-state index contributed by atoms with van der Waals surface area (Å²) in [6, 6.07) is 0. The van der Waals surface area contributed by atoms with Crippen LogP contribution in [0.25, 0.3) is 0 Å². The molecule has 3 saturated carbocycles. The Bertz CT molecular complexity index is 906. The van der Waals surface area contributed by atoms with Crippen LogP contribution in [0.1, 0.15) is 46.5 Å². The molecule has 1 amide bonds. The molecule has 0 heterocycles. The maximum absolute atomic E-state index is 13.1. The first-order valence-corrected chi connectivity index (χ1v) is 11.1. The van der Waals surface area contributed by atoms with Gasteiger partial charge in [0, 0.05) is 30.1 Å². The predicted molar refractivity (Wildman–Crippen MR) is 111 cm³/mol. The van der Waals surface area contributed by atoms with E-state index in [1.807, 2.05) is 13.0 Å². The molecule has 0 saturated heterocycles. The van der Waals surface area contributed by atoms with Crippen molar-refractivity contribution < 1.29 is 29.0 Å². The van der Waals surface area contributed by atoms with Crippen LogP contribution in [0.3, 0.4) is 0 Å². The molecular weight excluding hydrogens is 398 g/mol. The van der Waals surface area contributed by atoms with Crippen molar-refractivity contribution in [2.45, 2.75) is 52.6 Å². The van der Waals surface area contributed by atoms with Crippen LogP contribution in [0.4, 0.5) is 0 Å². The first-order chi connectivity index (χ1) is 14.5. The zero-order chi connectivity index (χ0) is 22.7. The highest BCUT2D eigenvalue weighted by atomic mass is 16.5. The highest BCUT2D eigenvalue weighted by molar-refractivity contribution is 6.01. The molecule has 7 heteroatoms. The molecule has 0 bridgehead atoms. The molecule has 3 fully saturated rings. The second-order valence-electron chi connectivity index (χ2n) is 10.3. The van der Waals surface area contributed by atoms with E-state index in [9.17, 15) is 24.3 Å². The molecule has 0 aromatic rings. The fourth-order valence-electron chi connectivity index (χ4n) is 7.51. The second-order valence-corrected chi connectivity index (χ2v) is 10.3. The Labute approximate surface area is 182 Å². The third kappa shape index (κ3) is 3.28. The van der Waals surface area contributed by atoms with Gasteiger partial charge in [0.2, 0.25) is 5.91 Å². The van der Waals surface area contributed by atoms with Gasteiger partial charge in [0.1, 0.15) is 6.61 Å². The normalized spacial score (nSPS) is 43.4. The van der Waals surface area contributed by atoms with Crippen molar-refractivity contribution in [1.82, 2.24) is 0 Å². The lowest BCUT2D eigenvalue weighted by Crippen LogP contribution is -2.56. The van der Waals surface area contributed by atoms with Gasteiger partial charge >= 0.3 is 5.97 Å². The van der Waals surface area contributed by atoms with Crippen molar-refractivity contribution in [1.29, 1.82) is 0 Å². The average molecular weight is 430 g/mol. The standard InChI is InChI=1S/C24H31NO6/c1-12(26)31-11-19(29)21-16(22(25)30)9-17-15-5-4-13-8-14(27)6-7-23(13,2)20(15)18(28)10-24(17,21)3/h6-8,15-18,20-21,28H,4-5,9-11H2,1-3H3,(H2,25,30)/t15-,16?,17-,18?,20+,21+,23-,24-/m0/s1. The van der Waals surface area contributed by atoms with Gasteiger partial charge in [-0.15, -0.1) is 0 Å². The number of aliphatic hydroxyl groups excluding tert-OH is 1. The first-order valence-electron chi connectivity index (χ1n) is 11.1. The number of rotatable bonds is 4. The van der Waals surface area contributed by atoms with E-state index in [-0.39, 0.29) is 35.9 Å². The molecule has 3 N–H and O–H groups in total. The minimum Gasteiger partial charge on any atom is -0.458 e. The molecule has 0 aromatic heterocycles. The van der Waals surface area contributed by atoms with Crippen LogP contribution in [0.15, 0.2) is 23.8 Å². The number of aliphatic hydroxyl groups is 1. The molecule has 2 unspecified atom stereocenters. The van der Waals surface area contributed by atoms with Gasteiger partial charge in [-0.3, -0.25) is 19.2 Å². The number of carbonyl (C=O) groups excluding carboxylic acids is 4. The lowest BCUT2D eigenvalue weighted by molar-refractivity contribution is -0.153. The van der Waals surface area contributed by atoms with Crippen molar-refractivity contribution in [3.63, 3.8) is 0 Å².